The Labute approximate surface area is 246 Å². The van der Waals surface area contributed by atoms with Gasteiger partial charge in [0, 0.05) is 24.7 Å². The second-order valence-corrected chi connectivity index (χ2v) is 14.3. The predicted octanol–water partition coefficient (Wildman–Crippen LogP) is 8.92. The molecule has 1 aliphatic carbocycles. The summed E-state index contributed by atoms with van der Waals surface area (Å²) in [5.41, 5.74) is -0.456. The van der Waals surface area contributed by atoms with Crippen molar-refractivity contribution >= 4 is 30.9 Å². The van der Waals surface area contributed by atoms with Crippen molar-refractivity contribution in [1.82, 2.24) is 4.31 Å². The molecule has 14 heteroatoms. The van der Waals surface area contributed by atoms with Crippen molar-refractivity contribution in [2.24, 2.45) is 0 Å². The first-order valence-corrected chi connectivity index (χ1v) is 16.0. The molecule has 0 amide bonds. The summed E-state index contributed by atoms with van der Waals surface area (Å²) in [6.45, 7) is 4.15. The number of ether oxygens (including phenoxy) is 1. The van der Waals surface area contributed by atoms with Gasteiger partial charge < -0.3 is 18.7 Å². The van der Waals surface area contributed by atoms with Gasteiger partial charge in [-0.1, -0.05) is 0 Å². The van der Waals surface area contributed by atoms with Crippen molar-refractivity contribution in [2.75, 3.05) is 38.3 Å². The molecular formula is C28H35F6N2O4PS. The maximum absolute atomic E-state index is 14.5. The lowest BCUT2D eigenvalue weighted by Crippen LogP contribution is -2.36. The van der Waals surface area contributed by atoms with Crippen molar-refractivity contribution in [2.45, 2.75) is 74.6 Å². The van der Waals surface area contributed by atoms with Crippen LogP contribution in [0, 0.1) is 5.82 Å². The number of hydrogen-bond donors (Lipinski definition) is 0. The summed E-state index contributed by atoms with van der Waals surface area (Å²) >= 11 is 1.12. The van der Waals surface area contributed by atoms with E-state index in [9.17, 15) is 30.9 Å². The summed E-state index contributed by atoms with van der Waals surface area (Å²) in [5.74, 6) is -3.89. The highest BCUT2D eigenvalue weighted by Gasteiger charge is 2.61. The second-order valence-electron chi connectivity index (χ2n) is 10.6. The fourth-order valence-corrected chi connectivity index (χ4v) is 8.13. The molecule has 1 fully saturated rings. The van der Waals surface area contributed by atoms with Gasteiger partial charge in [-0.15, -0.1) is 0 Å². The van der Waals surface area contributed by atoms with Crippen LogP contribution in [-0.4, -0.2) is 54.8 Å². The van der Waals surface area contributed by atoms with Gasteiger partial charge in [0.1, 0.15) is 23.3 Å². The van der Waals surface area contributed by atoms with Crippen molar-refractivity contribution in [3.63, 3.8) is 0 Å². The summed E-state index contributed by atoms with van der Waals surface area (Å²) in [6, 6.07) is 7.03. The van der Waals surface area contributed by atoms with Crippen molar-refractivity contribution < 1.29 is 44.7 Å². The SMILES string of the molecule is CCOP(=O)(OCC)C1(COc2cc3c(cc2C(F)(F)F)N(c2ccc(F)cc2)CC(CCC(C)(F)F)N(C)S3)CC1. The molecule has 0 aromatic heterocycles. The van der Waals surface area contributed by atoms with E-state index < -0.39 is 54.4 Å². The number of nitrogens with zero attached hydrogens (tertiary/aromatic N) is 2. The largest absolute Gasteiger partial charge is 0.492 e. The standard InChI is InChI=1S/C28H35F6N2O4PS/c1-5-39-41(37,40-6-2)27(13-14-27)18-38-24-16-25-23(15-22(24)28(32,33)34)36(20-9-7-19(29)8-10-20)17-21(35(4)42-25)11-12-26(3,30)31/h7-10,15-16,21H,5-6,11-14,17-18H2,1-4H3. The topological polar surface area (TPSA) is 51.2 Å². The Kier molecular flexibility index (Phi) is 9.89. The Morgan fingerprint density at radius 2 is 1.67 bits per heavy atom. The Morgan fingerprint density at radius 1 is 1.05 bits per heavy atom. The number of hydrogen-bond acceptors (Lipinski definition) is 7. The number of fused-ring (bicyclic) bond motifs is 1. The summed E-state index contributed by atoms with van der Waals surface area (Å²) in [4.78, 5) is 1.97. The van der Waals surface area contributed by atoms with E-state index in [1.165, 1.54) is 30.3 Å². The van der Waals surface area contributed by atoms with E-state index >= 15 is 0 Å². The highest BCUT2D eigenvalue weighted by molar-refractivity contribution is 7.97. The maximum Gasteiger partial charge on any atom is 0.420 e. The molecule has 4 rings (SSSR count). The van der Waals surface area contributed by atoms with Crippen LogP contribution in [0.25, 0.3) is 0 Å². The molecule has 2 aromatic rings. The molecule has 0 saturated heterocycles. The number of benzene rings is 2. The lowest BCUT2D eigenvalue weighted by atomic mass is 10.1. The monoisotopic (exact) mass is 640 g/mol. The summed E-state index contributed by atoms with van der Waals surface area (Å²) in [5, 5.41) is -1.05. The minimum absolute atomic E-state index is 0.0703. The first-order valence-electron chi connectivity index (χ1n) is 13.7. The van der Waals surface area contributed by atoms with Crippen LogP contribution in [0.1, 0.15) is 52.0 Å². The predicted molar refractivity (Wildman–Crippen MR) is 150 cm³/mol. The molecule has 0 spiro atoms. The van der Waals surface area contributed by atoms with Crippen LogP contribution in [0.3, 0.4) is 0 Å². The molecular weight excluding hydrogens is 605 g/mol. The summed E-state index contributed by atoms with van der Waals surface area (Å²) < 4.78 is 117. The Bertz CT molecular complexity index is 1280. The van der Waals surface area contributed by atoms with Crippen LogP contribution >= 0.6 is 19.5 Å². The highest BCUT2D eigenvalue weighted by atomic mass is 32.2. The zero-order valence-corrected chi connectivity index (χ0v) is 25.6. The first-order chi connectivity index (χ1) is 19.6. The lowest BCUT2D eigenvalue weighted by molar-refractivity contribution is -0.139. The summed E-state index contributed by atoms with van der Waals surface area (Å²) in [7, 11) is -1.95. The third kappa shape index (κ3) is 7.41. The molecule has 6 nitrogen and oxygen atoms in total. The van der Waals surface area contributed by atoms with E-state index in [-0.39, 0.29) is 38.5 Å². The average molecular weight is 641 g/mol. The zero-order chi connectivity index (χ0) is 30.9. The zero-order valence-electron chi connectivity index (χ0n) is 23.8. The van der Waals surface area contributed by atoms with Gasteiger partial charge in [0.05, 0.1) is 29.4 Å². The lowest BCUT2D eigenvalue weighted by Gasteiger charge is -2.31. The van der Waals surface area contributed by atoms with Crippen molar-refractivity contribution in [3.05, 3.63) is 47.8 Å². The van der Waals surface area contributed by atoms with Crippen LogP contribution in [0.4, 0.5) is 37.7 Å². The van der Waals surface area contributed by atoms with Gasteiger partial charge in [-0.25, -0.2) is 17.5 Å². The Balaban J connectivity index is 1.75. The molecule has 0 radical (unpaired) electrons. The minimum atomic E-state index is -4.81. The minimum Gasteiger partial charge on any atom is -0.492 e. The first kappa shape index (κ1) is 33.0. The molecule has 2 aliphatic rings. The number of halogens is 6. The average Bonchev–Trinajstić information content (AvgIpc) is 3.70. The molecule has 1 heterocycles. The van der Waals surface area contributed by atoms with Gasteiger partial charge in [-0.2, -0.15) is 13.2 Å². The third-order valence-electron chi connectivity index (χ3n) is 7.36. The van der Waals surface area contributed by atoms with E-state index in [1.807, 2.05) is 0 Å². The van der Waals surface area contributed by atoms with Gasteiger partial charge >= 0.3 is 13.8 Å². The van der Waals surface area contributed by atoms with Gasteiger partial charge in [0.15, 0.2) is 0 Å². The molecule has 2 aromatic carbocycles. The Hall–Kier alpha value is -1.92. The molecule has 1 aliphatic heterocycles. The van der Waals surface area contributed by atoms with Crippen LogP contribution in [-0.2, 0) is 19.8 Å². The normalized spacial score (nSPS) is 19.4. The van der Waals surface area contributed by atoms with Crippen LogP contribution in [0.15, 0.2) is 41.3 Å². The number of anilines is 2. The highest BCUT2D eigenvalue weighted by Crippen LogP contribution is 2.71. The van der Waals surface area contributed by atoms with Crippen molar-refractivity contribution in [1.29, 1.82) is 0 Å². The van der Waals surface area contributed by atoms with Crippen LogP contribution in [0.5, 0.6) is 5.75 Å². The van der Waals surface area contributed by atoms with Crippen molar-refractivity contribution in [3.8, 4) is 5.75 Å². The van der Waals surface area contributed by atoms with Gasteiger partial charge in [0.25, 0.3) is 0 Å². The number of alkyl halides is 5. The molecule has 234 valence electrons. The smallest absolute Gasteiger partial charge is 0.420 e. The van der Waals surface area contributed by atoms with Crippen LogP contribution < -0.4 is 9.64 Å². The Morgan fingerprint density at radius 3 is 2.19 bits per heavy atom. The van der Waals surface area contributed by atoms with E-state index in [1.54, 1.807) is 30.1 Å². The van der Waals surface area contributed by atoms with E-state index in [4.69, 9.17) is 13.8 Å². The molecule has 1 unspecified atom stereocenters. The van der Waals surface area contributed by atoms with Crippen LogP contribution in [0.2, 0.25) is 0 Å². The van der Waals surface area contributed by atoms with Gasteiger partial charge in [0.2, 0.25) is 5.92 Å². The molecule has 1 atom stereocenters. The fourth-order valence-electron chi connectivity index (χ4n) is 4.89. The van der Waals surface area contributed by atoms with E-state index in [0.717, 1.165) is 24.9 Å². The van der Waals surface area contributed by atoms with Gasteiger partial charge in [-0.3, -0.25) is 4.57 Å². The number of rotatable bonds is 12. The maximum atomic E-state index is 14.5. The number of likely N-dealkylation sites (N-methyl/N-ethyl adjacent to an activating group) is 1. The fraction of sp³-hybridized carbons (Fsp3) is 0.571. The summed E-state index contributed by atoms with van der Waals surface area (Å²) in [6.07, 6.45) is -4.33. The van der Waals surface area contributed by atoms with E-state index in [2.05, 4.69) is 0 Å². The molecule has 0 N–H and O–H groups in total. The molecule has 42 heavy (non-hydrogen) atoms. The molecule has 1 saturated carbocycles. The third-order valence-corrected chi connectivity index (χ3v) is 11.4. The second kappa shape index (κ2) is 12.6. The molecule has 0 bridgehead atoms. The van der Waals surface area contributed by atoms with Gasteiger partial charge in [-0.05, 0) is 95.4 Å². The quantitative estimate of drug-likeness (QED) is 0.130. The van der Waals surface area contributed by atoms with E-state index in [0.29, 0.717) is 23.4 Å².